The summed E-state index contributed by atoms with van der Waals surface area (Å²) in [7, 11) is 0. The van der Waals surface area contributed by atoms with Gasteiger partial charge in [0.25, 0.3) is 0 Å². The van der Waals surface area contributed by atoms with Gasteiger partial charge in [-0.15, -0.1) is 0 Å². The zero-order valence-corrected chi connectivity index (χ0v) is 9.18. The molecular weight excluding hydrogens is 240 g/mol. The van der Waals surface area contributed by atoms with Gasteiger partial charge in [-0.2, -0.15) is 0 Å². The number of nitrogens with one attached hydrogen (secondary N) is 1. The summed E-state index contributed by atoms with van der Waals surface area (Å²) >= 11 is 3.58. The molecule has 1 aromatic rings. The highest BCUT2D eigenvalue weighted by atomic mass is 79.9. The van der Waals surface area contributed by atoms with Gasteiger partial charge in [0, 0.05) is 6.20 Å². The molecule has 3 heteroatoms. The second-order valence-corrected chi connectivity index (χ2v) is 4.16. The molecule has 0 aliphatic heterocycles. The van der Waals surface area contributed by atoms with Crippen LogP contribution in [0.3, 0.4) is 0 Å². The van der Waals surface area contributed by atoms with E-state index in [1.807, 2.05) is 30.4 Å². The number of allylic oxidation sites excluding steroid dienone is 2. The highest BCUT2D eigenvalue weighted by Gasteiger charge is 2.14. The second-order valence-electron chi connectivity index (χ2n) is 3.10. The molecule has 1 aliphatic rings. The number of aromatic nitrogens is 1. The quantitative estimate of drug-likeness (QED) is 0.817. The third-order valence-electron chi connectivity index (χ3n) is 2.05. The Morgan fingerprint density at radius 2 is 2.07 bits per heavy atom. The number of pyridine rings is 1. The molecule has 0 amide bonds. The van der Waals surface area contributed by atoms with E-state index in [-0.39, 0.29) is 6.04 Å². The molecule has 14 heavy (non-hydrogen) atoms. The lowest BCUT2D eigenvalue weighted by Gasteiger charge is -2.20. The van der Waals surface area contributed by atoms with E-state index in [0.29, 0.717) is 4.83 Å². The summed E-state index contributed by atoms with van der Waals surface area (Å²) in [5.74, 6) is 0.905. The van der Waals surface area contributed by atoms with Crippen LogP contribution in [0.4, 0.5) is 5.82 Å². The van der Waals surface area contributed by atoms with Gasteiger partial charge in [0.1, 0.15) is 5.82 Å². The van der Waals surface area contributed by atoms with E-state index < -0.39 is 0 Å². The average Bonchev–Trinajstić information content (AvgIpc) is 2.23. The SMILES string of the molecule is BrC1C=CC=CC1Nc1ccccn1. The summed E-state index contributed by atoms with van der Waals surface area (Å²) in [4.78, 5) is 4.55. The summed E-state index contributed by atoms with van der Waals surface area (Å²) in [5, 5.41) is 3.33. The molecule has 0 bridgehead atoms. The maximum atomic E-state index is 4.22. The van der Waals surface area contributed by atoms with Crippen LogP contribution < -0.4 is 5.32 Å². The van der Waals surface area contributed by atoms with Gasteiger partial charge in [0.15, 0.2) is 0 Å². The molecule has 2 rings (SSSR count). The Balaban J connectivity index is 2.05. The monoisotopic (exact) mass is 250 g/mol. The van der Waals surface area contributed by atoms with Crippen molar-refractivity contribution in [3.8, 4) is 0 Å². The molecular formula is C11H11BrN2. The Bertz CT molecular complexity index is 346. The van der Waals surface area contributed by atoms with E-state index in [9.17, 15) is 0 Å². The van der Waals surface area contributed by atoms with E-state index in [1.165, 1.54) is 0 Å². The van der Waals surface area contributed by atoms with Crippen LogP contribution in [0.2, 0.25) is 0 Å². The first kappa shape index (κ1) is 9.46. The topological polar surface area (TPSA) is 24.9 Å². The molecule has 0 spiro atoms. The van der Waals surface area contributed by atoms with Gasteiger partial charge < -0.3 is 5.32 Å². The lowest BCUT2D eigenvalue weighted by molar-refractivity contribution is 0.901. The number of hydrogen-bond acceptors (Lipinski definition) is 2. The maximum absolute atomic E-state index is 4.22. The van der Waals surface area contributed by atoms with Gasteiger partial charge in [-0.05, 0) is 12.1 Å². The van der Waals surface area contributed by atoms with Crippen molar-refractivity contribution < 1.29 is 0 Å². The number of rotatable bonds is 2. The van der Waals surface area contributed by atoms with E-state index in [1.54, 1.807) is 6.20 Å². The molecule has 2 nitrogen and oxygen atoms in total. The normalized spacial score (nSPS) is 24.9. The fourth-order valence-electron chi connectivity index (χ4n) is 1.33. The largest absolute Gasteiger partial charge is 0.362 e. The molecule has 1 heterocycles. The minimum absolute atomic E-state index is 0.273. The van der Waals surface area contributed by atoms with Gasteiger partial charge >= 0.3 is 0 Å². The van der Waals surface area contributed by atoms with Crippen LogP contribution in [0.15, 0.2) is 48.7 Å². The van der Waals surface area contributed by atoms with E-state index >= 15 is 0 Å². The van der Waals surface area contributed by atoms with Gasteiger partial charge in [-0.25, -0.2) is 4.98 Å². The molecule has 2 atom stereocenters. The minimum atomic E-state index is 0.273. The predicted molar refractivity (Wildman–Crippen MR) is 62.6 cm³/mol. The summed E-state index contributed by atoms with van der Waals surface area (Å²) in [6, 6.07) is 6.12. The summed E-state index contributed by atoms with van der Waals surface area (Å²) < 4.78 is 0. The Labute approximate surface area is 91.9 Å². The van der Waals surface area contributed by atoms with Crippen molar-refractivity contribution in [2.45, 2.75) is 10.9 Å². The van der Waals surface area contributed by atoms with Gasteiger partial charge in [-0.3, -0.25) is 0 Å². The van der Waals surface area contributed by atoms with Crippen LogP contribution in [0.25, 0.3) is 0 Å². The highest BCUT2D eigenvalue weighted by molar-refractivity contribution is 9.09. The van der Waals surface area contributed by atoms with E-state index in [0.717, 1.165) is 5.82 Å². The Morgan fingerprint density at radius 1 is 1.21 bits per heavy atom. The number of anilines is 1. The Morgan fingerprint density at radius 3 is 2.79 bits per heavy atom. The lowest BCUT2D eigenvalue weighted by atomic mass is 10.1. The Kier molecular flexibility index (Phi) is 2.99. The molecule has 1 N–H and O–H groups in total. The molecule has 0 saturated heterocycles. The summed E-state index contributed by atoms with van der Waals surface area (Å²) in [6.07, 6.45) is 10.1. The fraction of sp³-hybridized carbons (Fsp3) is 0.182. The zero-order valence-electron chi connectivity index (χ0n) is 7.60. The molecule has 0 radical (unpaired) electrons. The van der Waals surface area contributed by atoms with Crippen LogP contribution in [0.1, 0.15) is 0 Å². The third kappa shape index (κ3) is 2.23. The summed E-state index contributed by atoms with van der Waals surface area (Å²) in [6.45, 7) is 0. The van der Waals surface area contributed by atoms with Crippen molar-refractivity contribution in [2.75, 3.05) is 5.32 Å². The van der Waals surface area contributed by atoms with Crippen LogP contribution in [0.5, 0.6) is 0 Å². The van der Waals surface area contributed by atoms with Gasteiger partial charge in [-0.1, -0.05) is 46.3 Å². The smallest absolute Gasteiger partial charge is 0.126 e. The van der Waals surface area contributed by atoms with Crippen molar-refractivity contribution in [2.24, 2.45) is 0 Å². The molecule has 72 valence electrons. The molecule has 0 saturated carbocycles. The van der Waals surface area contributed by atoms with Crippen LogP contribution in [-0.4, -0.2) is 15.9 Å². The van der Waals surface area contributed by atoms with Crippen molar-refractivity contribution in [1.29, 1.82) is 0 Å². The van der Waals surface area contributed by atoms with Crippen molar-refractivity contribution in [3.63, 3.8) is 0 Å². The fourth-order valence-corrected chi connectivity index (χ4v) is 1.81. The number of hydrogen-bond donors (Lipinski definition) is 1. The zero-order chi connectivity index (χ0) is 9.80. The molecule has 0 fully saturated rings. The van der Waals surface area contributed by atoms with Crippen molar-refractivity contribution in [1.82, 2.24) is 4.98 Å². The van der Waals surface area contributed by atoms with Gasteiger partial charge in [0.05, 0.1) is 10.9 Å². The maximum Gasteiger partial charge on any atom is 0.126 e. The molecule has 1 aliphatic carbocycles. The average molecular weight is 251 g/mol. The Hall–Kier alpha value is -1.09. The summed E-state index contributed by atoms with van der Waals surface area (Å²) in [5.41, 5.74) is 0. The van der Waals surface area contributed by atoms with E-state index in [4.69, 9.17) is 0 Å². The number of nitrogens with zero attached hydrogens (tertiary/aromatic N) is 1. The van der Waals surface area contributed by atoms with Crippen LogP contribution in [0, 0.1) is 0 Å². The third-order valence-corrected chi connectivity index (χ3v) is 2.92. The van der Waals surface area contributed by atoms with Crippen LogP contribution >= 0.6 is 15.9 Å². The molecule has 2 unspecified atom stereocenters. The molecule has 0 aromatic carbocycles. The number of alkyl halides is 1. The minimum Gasteiger partial charge on any atom is -0.362 e. The van der Waals surface area contributed by atoms with Gasteiger partial charge in [0.2, 0.25) is 0 Å². The first-order valence-corrected chi connectivity index (χ1v) is 5.44. The molecule has 1 aromatic heterocycles. The van der Waals surface area contributed by atoms with E-state index in [2.05, 4.69) is 38.4 Å². The van der Waals surface area contributed by atoms with Crippen molar-refractivity contribution in [3.05, 3.63) is 48.7 Å². The first-order valence-electron chi connectivity index (χ1n) is 4.53. The lowest BCUT2D eigenvalue weighted by Crippen LogP contribution is -2.27. The second kappa shape index (κ2) is 4.42. The number of halogens is 1. The first-order chi connectivity index (χ1) is 6.86. The standard InChI is InChI=1S/C11H11BrN2/c12-9-5-1-2-6-10(9)14-11-7-3-4-8-13-11/h1-10H,(H,13,14). The van der Waals surface area contributed by atoms with Crippen LogP contribution in [-0.2, 0) is 0 Å². The van der Waals surface area contributed by atoms with Crippen molar-refractivity contribution >= 4 is 21.7 Å². The predicted octanol–water partition coefficient (Wildman–Crippen LogP) is 2.75. The highest BCUT2D eigenvalue weighted by Crippen LogP contribution is 2.17.